The highest BCUT2D eigenvalue weighted by molar-refractivity contribution is 5.92. The first-order valence-corrected chi connectivity index (χ1v) is 9.30. The maximum atomic E-state index is 12.4. The molecule has 1 N–H and O–H groups in total. The Bertz CT molecular complexity index is 1090. The highest BCUT2D eigenvalue weighted by atomic mass is 16.5. The topological polar surface area (TPSA) is 99.5 Å². The zero-order valence-corrected chi connectivity index (χ0v) is 16.6. The predicted molar refractivity (Wildman–Crippen MR) is 112 cm³/mol. The molecule has 0 bridgehead atoms. The number of amides is 1. The summed E-state index contributed by atoms with van der Waals surface area (Å²) in [5.74, 6) is -0.138. The number of methoxy groups -OCH3 is 1. The fraction of sp³-hybridized carbons (Fsp3) is 0.182. The van der Waals surface area contributed by atoms with Gasteiger partial charge < -0.3 is 14.8 Å². The molecule has 8 heteroatoms. The zero-order chi connectivity index (χ0) is 21.5. The first-order chi connectivity index (χ1) is 14.5. The van der Waals surface area contributed by atoms with Crippen molar-refractivity contribution in [1.29, 1.82) is 0 Å². The van der Waals surface area contributed by atoms with E-state index in [9.17, 15) is 14.4 Å². The lowest BCUT2D eigenvalue weighted by molar-refractivity contribution is -0.117. The summed E-state index contributed by atoms with van der Waals surface area (Å²) >= 11 is 0. The molecular weight excluding hydrogens is 386 g/mol. The highest BCUT2D eigenvalue weighted by Gasteiger charge is 2.10. The Morgan fingerprint density at radius 3 is 2.33 bits per heavy atom. The van der Waals surface area contributed by atoms with Crippen LogP contribution in [0.1, 0.15) is 17.3 Å². The van der Waals surface area contributed by atoms with Crippen LogP contribution in [-0.2, 0) is 16.1 Å². The number of benzene rings is 2. The van der Waals surface area contributed by atoms with Gasteiger partial charge in [0, 0.05) is 17.3 Å². The van der Waals surface area contributed by atoms with Gasteiger partial charge in [0.2, 0.25) is 5.91 Å². The molecule has 1 amide bonds. The number of anilines is 1. The van der Waals surface area contributed by atoms with Gasteiger partial charge in [-0.15, -0.1) is 0 Å². The van der Waals surface area contributed by atoms with Crippen LogP contribution in [0.4, 0.5) is 5.69 Å². The van der Waals surface area contributed by atoms with Crippen molar-refractivity contribution in [2.75, 3.05) is 19.0 Å². The number of carbonyl (C=O) groups excluding carboxylic acids is 2. The molecule has 3 rings (SSSR count). The van der Waals surface area contributed by atoms with Gasteiger partial charge in [-0.3, -0.25) is 9.59 Å². The maximum absolute atomic E-state index is 12.4. The molecular formula is C22H21N3O5. The van der Waals surface area contributed by atoms with Crippen LogP contribution < -0.4 is 15.6 Å². The molecule has 2 aromatic carbocycles. The lowest BCUT2D eigenvalue weighted by atomic mass is 10.1. The number of rotatable bonds is 7. The second-order valence-corrected chi connectivity index (χ2v) is 6.29. The van der Waals surface area contributed by atoms with Gasteiger partial charge in [0.25, 0.3) is 5.56 Å². The molecule has 0 radical (unpaired) electrons. The molecule has 1 aromatic heterocycles. The van der Waals surface area contributed by atoms with E-state index in [1.165, 1.54) is 13.2 Å². The van der Waals surface area contributed by atoms with Crippen LogP contribution >= 0.6 is 0 Å². The summed E-state index contributed by atoms with van der Waals surface area (Å²) in [6, 6.07) is 16.5. The smallest absolute Gasteiger partial charge is 0.337 e. The van der Waals surface area contributed by atoms with Gasteiger partial charge in [0.15, 0.2) is 0 Å². The van der Waals surface area contributed by atoms with E-state index in [4.69, 9.17) is 4.74 Å². The minimum atomic E-state index is -0.463. The van der Waals surface area contributed by atoms with Gasteiger partial charge in [0.1, 0.15) is 12.3 Å². The van der Waals surface area contributed by atoms with Crippen molar-refractivity contribution in [3.8, 4) is 17.0 Å². The Morgan fingerprint density at radius 2 is 1.70 bits per heavy atom. The lowest BCUT2D eigenvalue weighted by Crippen LogP contribution is -2.29. The summed E-state index contributed by atoms with van der Waals surface area (Å²) in [7, 11) is 1.30. The minimum Gasteiger partial charge on any atom is -0.494 e. The van der Waals surface area contributed by atoms with E-state index in [0.717, 1.165) is 16.0 Å². The van der Waals surface area contributed by atoms with Gasteiger partial charge in [0.05, 0.1) is 25.0 Å². The van der Waals surface area contributed by atoms with Crippen molar-refractivity contribution in [1.82, 2.24) is 9.78 Å². The number of carbonyl (C=O) groups is 2. The maximum Gasteiger partial charge on any atom is 0.337 e. The molecule has 0 fully saturated rings. The lowest BCUT2D eigenvalue weighted by Gasteiger charge is -2.09. The first kappa shape index (κ1) is 20.8. The van der Waals surface area contributed by atoms with Crippen LogP contribution in [0.25, 0.3) is 11.3 Å². The zero-order valence-electron chi connectivity index (χ0n) is 16.6. The van der Waals surface area contributed by atoms with Crippen LogP contribution in [0.15, 0.2) is 65.5 Å². The minimum absolute atomic E-state index is 0.248. The average molecular weight is 407 g/mol. The van der Waals surface area contributed by atoms with Crippen molar-refractivity contribution < 1.29 is 19.1 Å². The second-order valence-electron chi connectivity index (χ2n) is 6.29. The van der Waals surface area contributed by atoms with Gasteiger partial charge in [-0.2, -0.15) is 5.10 Å². The van der Waals surface area contributed by atoms with Crippen LogP contribution in [0, 0.1) is 0 Å². The van der Waals surface area contributed by atoms with E-state index in [2.05, 4.69) is 15.2 Å². The molecule has 0 atom stereocenters. The van der Waals surface area contributed by atoms with Crippen LogP contribution in [0.5, 0.6) is 5.75 Å². The second kappa shape index (κ2) is 9.51. The van der Waals surface area contributed by atoms with E-state index in [1.807, 2.05) is 31.2 Å². The third-order valence-electron chi connectivity index (χ3n) is 4.21. The largest absolute Gasteiger partial charge is 0.494 e. The van der Waals surface area contributed by atoms with Crippen LogP contribution in [0.3, 0.4) is 0 Å². The molecule has 154 valence electrons. The quantitative estimate of drug-likeness (QED) is 0.605. The normalized spacial score (nSPS) is 10.3. The number of hydrogen-bond donors (Lipinski definition) is 1. The van der Waals surface area contributed by atoms with Gasteiger partial charge >= 0.3 is 5.97 Å². The SMILES string of the molecule is CCOc1ccc(-c2ccc(=O)n(CC(=O)Nc3ccc(C(=O)OC)cc3)n2)cc1. The van der Waals surface area contributed by atoms with Crippen LogP contribution in [0.2, 0.25) is 0 Å². The molecule has 8 nitrogen and oxygen atoms in total. The number of ether oxygens (including phenoxy) is 2. The molecule has 0 unspecified atom stereocenters. The van der Waals surface area contributed by atoms with E-state index >= 15 is 0 Å². The Hall–Kier alpha value is -3.94. The van der Waals surface area contributed by atoms with Crippen molar-refractivity contribution in [2.24, 2.45) is 0 Å². The highest BCUT2D eigenvalue weighted by Crippen LogP contribution is 2.20. The Balaban J connectivity index is 1.71. The Kier molecular flexibility index (Phi) is 6.59. The third-order valence-corrected chi connectivity index (χ3v) is 4.21. The van der Waals surface area contributed by atoms with Crippen molar-refractivity contribution >= 4 is 17.6 Å². The third kappa shape index (κ3) is 5.11. The average Bonchev–Trinajstić information content (AvgIpc) is 2.76. The number of aromatic nitrogens is 2. The van der Waals surface area contributed by atoms with E-state index in [0.29, 0.717) is 23.6 Å². The van der Waals surface area contributed by atoms with E-state index in [1.54, 1.807) is 30.3 Å². The fourth-order valence-corrected chi connectivity index (χ4v) is 2.75. The molecule has 0 saturated heterocycles. The number of nitrogens with one attached hydrogen (secondary N) is 1. The van der Waals surface area contributed by atoms with E-state index in [-0.39, 0.29) is 12.1 Å². The number of esters is 1. The monoisotopic (exact) mass is 407 g/mol. The standard InChI is InChI=1S/C22H21N3O5/c1-3-30-18-10-6-15(7-11-18)19-12-13-21(27)25(24-19)14-20(26)23-17-8-4-16(5-9-17)22(28)29-2/h4-13H,3,14H2,1-2H3,(H,23,26). The van der Waals surface area contributed by atoms with Crippen LogP contribution in [-0.4, -0.2) is 35.4 Å². The van der Waals surface area contributed by atoms with Gasteiger partial charge in [-0.25, -0.2) is 9.48 Å². The Morgan fingerprint density at radius 1 is 1.00 bits per heavy atom. The molecule has 1 heterocycles. The summed E-state index contributed by atoms with van der Waals surface area (Å²) in [4.78, 5) is 35.9. The molecule has 0 aliphatic heterocycles. The molecule has 30 heavy (non-hydrogen) atoms. The molecule has 0 aliphatic carbocycles. The summed E-state index contributed by atoms with van der Waals surface area (Å²) in [5, 5.41) is 6.96. The summed E-state index contributed by atoms with van der Waals surface area (Å²) in [6.07, 6.45) is 0. The predicted octanol–water partition coefficient (Wildman–Crippen LogP) is 2.73. The fourth-order valence-electron chi connectivity index (χ4n) is 2.75. The van der Waals surface area contributed by atoms with Gasteiger partial charge in [-0.1, -0.05) is 0 Å². The van der Waals surface area contributed by atoms with Gasteiger partial charge in [-0.05, 0) is 61.5 Å². The van der Waals surface area contributed by atoms with Crippen molar-refractivity contribution in [3.63, 3.8) is 0 Å². The summed E-state index contributed by atoms with van der Waals surface area (Å²) in [6.45, 7) is 2.23. The number of hydrogen-bond acceptors (Lipinski definition) is 6. The van der Waals surface area contributed by atoms with Crippen molar-refractivity contribution in [3.05, 3.63) is 76.6 Å². The molecule has 0 saturated carbocycles. The number of nitrogens with zero attached hydrogens (tertiary/aromatic N) is 2. The summed E-state index contributed by atoms with van der Waals surface area (Å²) in [5.41, 5.74) is 1.83. The molecule has 3 aromatic rings. The summed E-state index contributed by atoms with van der Waals surface area (Å²) < 4.78 is 11.2. The van der Waals surface area contributed by atoms with Crippen molar-refractivity contribution in [2.45, 2.75) is 13.5 Å². The van der Waals surface area contributed by atoms with E-state index < -0.39 is 11.9 Å². The molecule has 0 aliphatic rings. The Labute approximate surface area is 173 Å². The molecule has 0 spiro atoms. The first-order valence-electron chi connectivity index (χ1n) is 9.30.